The van der Waals surface area contributed by atoms with Crippen LogP contribution in [0.25, 0.3) is 0 Å². The van der Waals surface area contributed by atoms with E-state index in [4.69, 9.17) is 5.73 Å². The van der Waals surface area contributed by atoms with Crippen molar-refractivity contribution in [2.75, 3.05) is 39.3 Å². The summed E-state index contributed by atoms with van der Waals surface area (Å²) >= 11 is 0. The highest BCUT2D eigenvalue weighted by atomic mass is 15.1. The van der Waals surface area contributed by atoms with E-state index < -0.39 is 0 Å². The van der Waals surface area contributed by atoms with Gasteiger partial charge < -0.3 is 11.1 Å². The van der Waals surface area contributed by atoms with Gasteiger partial charge in [0.25, 0.3) is 0 Å². The molecule has 0 fully saturated rings. The number of hydrogen-bond acceptors (Lipinski definition) is 3. The highest BCUT2D eigenvalue weighted by Gasteiger charge is 1.98. The molecule has 0 saturated heterocycles. The Morgan fingerprint density at radius 1 is 1.15 bits per heavy atom. The molecule has 0 aromatic rings. The van der Waals surface area contributed by atoms with Crippen LogP contribution in [0.3, 0.4) is 0 Å². The fraction of sp³-hybridized carbons (Fsp3) is 0.600. The van der Waals surface area contributed by atoms with Gasteiger partial charge in [-0.25, -0.2) is 0 Å². The van der Waals surface area contributed by atoms with Crippen LogP contribution in [-0.4, -0.2) is 44.2 Å². The molecule has 0 bridgehead atoms. The summed E-state index contributed by atoms with van der Waals surface area (Å²) in [4.78, 5) is 2.27. The number of rotatable bonds is 9. The third kappa shape index (κ3) is 7.71. The van der Waals surface area contributed by atoms with Gasteiger partial charge in [0, 0.05) is 39.3 Å². The van der Waals surface area contributed by atoms with E-state index in [1.54, 1.807) is 0 Å². The fourth-order valence-corrected chi connectivity index (χ4v) is 1.09. The second-order valence-electron chi connectivity index (χ2n) is 2.88. The molecule has 0 amide bonds. The van der Waals surface area contributed by atoms with E-state index in [0.29, 0.717) is 6.54 Å². The van der Waals surface area contributed by atoms with Crippen LogP contribution < -0.4 is 11.1 Å². The summed E-state index contributed by atoms with van der Waals surface area (Å²) in [5.41, 5.74) is 5.35. The molecule has 0 spiro atoms. The Morgan fingerprint density at radius 3 is 2.23 bits per heavy atom. The molecular formula is C10H21N3. The van der Waals surface area contributed by atoms with E-state index in [1.165, 1.54) is 0 Å². The maximum absolute atomic E-state index is 5.35. The van der Waals surface area contributed by atoms with Gasteiger partial charge in [-0.15, -0.1) is 13.2 Å². The first-order chi connectivity index (χ1) is 6.35. The molecule has 3 heteroatoms. The number of nitrogens with zero attached hydrogens (tertiary/aromatic N) is 1. The molecule has 0 aliphatic heterocycles. The van der Waals surface area contributed by atoms with Crippen molar-refractivity contribution < 1.29 is 0 Å². The summed E-state index contributed by atoms with van der Waals surface area (Å²) < 4.78 is 0. The molecule has 3 N–H and O–H groups in total. The fourth-order valence-electron chi connectivity index (χ4n) is 1.09. The first-order valence-electron chi connectivity index (χ1n) is 4.70. The largest absolute Gasteiger partial charge is 0.329 e. The van der Waals surface area contributed by atoms with Crippen molar-refractivity contribution in [3.05, 3.63) is 25.3 Å². The smallest absolute Gasteiger partial charge is 0.0164 e. The Kier molecular flexibility index (Phi) is 8.98. The summed E-state index contributed by atoms with van der Waals surface area (Å²) in [5.74, 6) is 0. The van der Waals surface area contributed by atoms with Gasteiger partial charge in [0.05, 0.1) is 0 Å². The molecule has 76 valence electrons. The van der Waals surface area contributed by atoms with Gasteiger partial charge in [-0.05, 0) is 0 Å². The van der Waals surface area contributed by atoms with Gasteiger partial charge in [0.2, 0.25) is 0 Å². The van der Waals surface area contributed by atoms with Gasteiger partial charge in [-0.1, -0.05) is 12.2 Å². The van der Waals surface area contributed by atoms with Crippen LogP contribution in [0.4, 0.5) is 0 Å². The summed E-state index contributed by atoms with van der Waals surface area (Å²) in [5, 5.41) is 3.25. The minimum atomic E-state index is 0.697. The summed E-state index contributed by atoms with van der Waals surface area (Å²) in [6.07, 6.45) is 3.82. The standard InChI is InChI=1S/C10H21N3/c1-3-8-13(9-4-2)10-7-12-6-5-11/h3-4,12H,1-2,5-11H2. The average Bonchev–Trinajstić information content (AvgIpc) is 2.13. The number of hydrogen-bond donors (Lipinski definition) is 2. The molecule has 0 aromatic carbocycles. The summed E-state index contributed by atoms with van der Waals surface area (Å²) in [6, 6.07) is 0. The minimum Gasteiger partial charge on any atom is -0.329 e. The molecule has 0 heterocycles. The van der Waals surface area contributed by atoms with Crippen molar-refractivity contribution in [3.8, 4) is 0 Å². The van der Waals surface area contributed by atoms with E-state index in [0.717, 1.165) is 32.7 Å². The molecule has 0 saturated carbocycles. The molecule has 0 unspecified atom stereocenters. The van der Waals surface area contributed by atoms with Gasteiger partial charge in [0.15, 0.2) is 0 Å². The normalized spacial score (nSPS) is 10.3. The van der Waals surface area contributed by atoms with E-state index in [1.807, 2.05) is 12.2 Å². The maximum Gasteiger partial charge on any atom is 0.0164 e. The Hall–Kier alpha value is -0.640. The summed E-state index contributed by atoms with van der Waals surface area (Å²) in [6.45, 7) is 12.8. The van der Waals surface area contributed by atoms with E-state index in [9.17, 15) is 0 Å². The van der Waals surface area contributed by atoms with E-state index >= 15 is 0 Å². The lowest BCUT2D eigenvalue weighted by Gasteiger charge is -2.18. The lowest BCUT2D eigenvalue weighted by atomic mass is 10.4. The highest BCUT2D eigenvalue weighted by Crippen LogP contribution is 1.87. The second kappa shape index (κ2) is 9.45. The van der Waals surface area contributed by atoms with Crippen LogP contribution in [0.2, 0.25) is 0 Å². The third-order valence-electron chi connectivity index (χ3n) is 1.70. The Morgan fingerprint density at radius 2 is 1.77 bits per heavy atom. The predicted octanol–water partition coefficient (Wildman–Crippen LogP) is 0.209. The molecule has 0 atom stereocenters. The van der Waals surface area contributed by atoms with Gasteiger partial charge in [-0.3, -0.25) is 4.90 Å². The van der Waals surface area contributed by atoms with Crippen LogP contribution in [0, 0.1) is 0 Å². The van der Waals surface area contributed by atoms with E-state index in [-0.39, 0.29) is 0 Å². The van der Waals surface area contributed by atoms with Crippen molar-refractivity contribution in [1.82, 2.24) is 10.2 Å². The van der Waals surface area contributed by atoms with E-state index in [2.05, 4.69) is 23.4 Å². The molecule has 0 radical (unpaired) electrons. The SMILES string of the molecule is C=CCN(CC=C)CCNCCN. The molecule has 3 nitrogen and oxygen atoms in total. The lowest BCUT2D eigenvalue weighted by Crippen LogP contribution is -2.34. The van der Waals surface area contributed by atoms with Crippen molar-refractivity contribution >= 4 is 0 Å². The quantitative estimate of drug-likeness (QED) is 0.396. The molecule has 0 aromatic heterocycles. The monoisotopic (exact) mass is 183 g/mol. The Balaban J connectivity index is 3.43. The van der Waals surface area contributed by atoms with Crippen LogP contribution >= 0.6 is 0 Å². The third-order valence-corrected chi connectivity index (χ3v) is 1.70. The topological polar surface area (TPSA) is 41.3 Å². The van der Waals surface area contributed by atoms with Gasteiger partial charge in [-0.2, -0.15) is 0 Å². The predicted molar refractivity (Wildman–Crippen MR) is 58.8 cm³/mol. The summed E-state index contributed by atoms with van der Waals surface area (Å²) in [7, 11) is 0. The van der Waals surface area contributed by atoms with Gasteiger partial charge in [0.1, 0.15) is 0 Å². The van der Waals surface area contributed by atoms with Crippen LogP contribution in [0.1, 0.15) is 0 Å². The lowest BCUT2D eigenvalue weighted by molar-refractivity contribution is 0.333. The average molecular weight is 183 g/mol. The van der Waals surface area contributed by atoms with Crippen molar-refractivity contribution in [2.24, 2.45) is 5.73 Å². The zero-order valence-corrected chi connectivity index (χ0v) is 8.34. The number of nitrogens with two attached hydrogens (primary N) is 1. The zero-order valence-electron chi connectivity index (χ0n) is 8.34. The Bertz CT molecular complexity index is 124. The van der Waals surface area contributed by atoms with Gasteiger partial charge >= 0.3 is 0 Å². The van der Waals surface area contributed by atoms with Crippen molar-refractivity contribution in [1.29, 1.82) is 0 Å². The molecule has 13 heavy (non-hydrogen) atoms. The molecular weight excluding hydrogens is 162 g/mol. The first kappa shape index (κ1) is 12.4. The second-order valence-corrected chi connectivity index (χ2v) is 2.88. The zero-order chi connectivity index (χ0) is 9.94. The first-order valence-corrected chi connectivity index (χ1v) is 4.70. The Labute approximate surface area is 81.3 Å². The van der Waals surface area contributed by atoms with Crippen molar-refractivity contribution in [2.45, 2.75) is 0 Å². The molecule has 0 aliphatic rings. The highest BCUT2D eigenvalue weighted by molar-refractivity contribution is 4.79. The molecule has 0 aliphatic carbocycles. The van der Waals surface area contributed by atoms with Crippen molar-refractivity contribution in [3.63, 3.8) is 0 Å². The maximum atomic E-state index is 5.35. The van der Waals surface area contributed by atoms with Crippen LogP contribution in [0.5, 0.6) is 0 Å². The van der Waals surface area contributed by atoms with Crippen LogP contribution in [0.15, 0.2) is 25.3 Å². The van der Waals surface area contributed by atoms with Crippen LogP contribution in [-0.2, 0) is 0 Å². The number of nitrogens with one attached hydrogen (secondary N) is 1. The minimum absolute atomic E-state index is 0.697. The molecule has 0 rings (SSSR count).